The fourth-order valence-corrected chi connectivity index (χ4v) is 2.52. The molecule has 10 heteroatoms. The summed E-state index contributed by atoms with van der Waals surface area (Å²) in [5, 5.41) is 12.4. The van der Waals surface area contributed by atoms with Gasteiger partial charge in [-0.1, -0.05) is 23.7 Å². The number of rotatable bonds is 4. The van der Waals surface area contributed by atoms with Gasteiger partial charge < -0.3 is 5.32 Å². The van der Waals surface area contributed by atoms with E-state index >= 15 is 0 Å². The van der Waals surface area contributed by atoms with Crippen LogP contribution in [0.25, 0.3) is 0 Å². The molecule has 2 heterocycles. The van der Waals surface area contributed by atoms with E-state index < -0.39 is 17.8 Å². The molecular formula is C16H13ClF3N5O. The molecule has 0 unspecified atom stereocenters. The second-order valence-electron chi connectivity index (χ2n) is 5.58. The number of aromatic nitrogens is 4. The number of carbonyl (C=O) groups is 1. The summed E-state index contributed by atoms with van der Waals surface area (Å²) in [4.78, 5) is 12.1. The minimum Gasteiger partial charge on any atom is -0.304 e. The Morgan fingerprint density at radius 2 is 2.08 bits per heavy atom. The molecule has 0 atom stereocenters. The SMILES string of the molecule is Cc1cc(NC(=O)c2cc(C(F)(F)F)[nH]n2)nn1Cc1cccc(Cl)c1. The molecule has 3 aromatic rings. The third-order valence-corrected chi connectivity index (χ3v) is 3.80. The highest BCUT2D eigenvalue weighted by Gasteiger charge is 2.33. The molecule has 0 fully saturated rings. The normalized spacial score (nSPS) is 11.6. The van der Waals surface area contributed by atoms with Crippen LogP contribution >= 0.6 is 11.6 Å². The Bertz CT molecular complexity index is 948. The number of aryl methyl sites for hydroxylation is 1. The Balaban J connectivity index is 1.73. The van der Waals surface area contributed by atoms with Crippen molar-refractivity contribution >= 4 is 23.3 Å². The maximum absolute atomic E-state index is 12.6. The lowest BCUT2D eigenvalue weighted by Crippen LogP contribution is -2.13. The monoisotopic (exact) mass is 383 g/mol. The summed E-state index contributed by atoms with van der Waals surface area (Å²) < 4.78 is 39.3. The summed E-state index contributed by atoms with van der Waals surface area (Å²) in [7, 11) is 0. The maximum Gasteiger partial charge on any atom is 0.432 e. The fraction of sp³-hybridized carbons (Fsp3) is 0.188. The van der Waals surface area contributed by atoms with Gasteiger partial charge in [-0.15, -0.1) is 0 Å². The summed E-state index contributed by atoms with van der Waals surface area (Å²) in [6.07, 6.45) is -4.60. The van der Waals surface area contributed by atoms with Crippen molar-refractivity contribution < 1.29 is 18.0 Å². The van der Waals surface area contributed by atoms with E-state index in [1.165, 1.54) is 0 Å². The third kappa shape index (κ3) is 4.05. The van der Waals surface area contributed by atoms with Gasteiger partial charge in [0.05, 0.1) is 6.54 Å². The third-order valence-electron chi connectivity index (χ3n) is 3.56. The van der Waals surface area contributed by atoms with Crippen molar-refractivity contribution in [2.75, 3.05) is 5.32 Å². The van der Waals surface area contributed by atoms with E-state index in [2.05, 4.69) is 15.5 Å². The van der Waals surface area contributed by atoms with E-state index in [-0.39, 0.29) is 11.5 Å². The standard InChI is InChI=1S/C16H13ClF3N5O/c1-9-5-14(24-25(9)8-10-3-2-4-11(17)6-10)21-15(26)12-7-13(23-22-12)16(18,19)20/h2-7H,8H2,1H3,(H,22,23)(H,21,24,26). The number of aromatic amines is 1. The highest BCUT2D eigenvalue weighted by Crippen LogP contribution is 2.27. The van der Waals surface area contributed by atoms with E-state index in [0.717, 1.165) is 11.3 Å². The Kier molecular flexibility index (Phi) is 4.73. The van der Waals surface area contributed by atoms with E-state index in [4.69, 9.17) is 11.6 Å². The largest absolute Gasteiger partial charge is 0.432 e. The number of benzene rings is 1. The zero-order valence-electron chi connectivity index (χ0n) is 13.4. The molecule has 0 aliphatic rings. The average molecular weight is 384 g/mol. The van der Waals surface area contributed by atoms with Crippen molar-refractivity contribution in [3.8, 4) is 0 Å². The lowest BCUT2D eigenvalue weighted by Gasteiger charge is -2.05. The number of halogens is 4. The van der Waals surface area contributed by atoms with Crippen molar-refractivity contribution in [3.05, 3.63) is 64.1 Å². The Labute approximate surface area is 151 Å². The quantitative estimate of drug-likeness (QED) is 0.717. The van der Waals surface area contributed by atoms with Crippen LogP contribution in [0.15, 0.2) is 36.4 Å². The summed E-state index contributed by atoms with van der Waals surface area (Å²) in [6.45, 7) is 2.23. The Morgan fingerprint density at radius 3 is 2.73 bits per heavy atom. The number of nitrogens with one attached hydrogen (secondary N) is 2. The lowest BCUT2D eigenvalue weighted by atomic mass is 10.2. The molecule has 0 spiro atoms. The van der Waals surface area contributed by atoms with E-state index in [0.29, 0.717) is 17.6 Å². The van der Waals surface area contributed by atoms with Crippen LogP contribution in [0.2, 0.25) is 5.02 Å². The smallest absolute Gasteiger partial charge is 0.304 e. The summed E-state index contributed by atoms with van der Waals surface area (Å²) in [5.41, 5.74) is 0.215. The summed E-state index contributed by atoms with van der Waals surface area (Å²) in [5.74, 6) is -0.574. The van der Waals surface area contributed by atoms with Gasteiger partial charge in [0.1, 0.15) is 5.69 Å². The van der Waals surface area contributed by atoms with Gasteiger partial charge >= 0.3 is 6.18 Å². The van der Waals surface area contributed by atoms with Gasteiger partial charge in [-0.3, -0.25) is 14.6 Å². The number of H-pyrrole nitrogens is 1. The minimum atomic E-state index is -4.60. The Morgan fingerprint density at radius 1 is 1.31 bits per heavy atom. The molecule has 136 valence electrons. The number of carbonyl (C=O) groups excluding carboxylic acids is 1. The van der Waals surface area contributed by atoms with Crippen LogP contribution < -0.4 is 5.32 Å². The number of amides is 1. The first kappa shape index (κ1) is 18.0. The molecule has 26 heavy (non-hydrogen) atoms. The second kappa shape index (κ2) is 6.83. The molecule has 6 nitrogen and oxygen atoms in total. The van der Waals surface area contributed by atoms with Gasteiger partial charge in [-0.25, -0.2) is 0 Å². The molecular weight excluding hydrogens is 371 g/mol. The highest BCUT2D eigenvalue weighted by molar-refractivity contribution is 6.30. The summed E-state index contributed by atoms with van der Waals surface area (Å²) >= 11 is 5.95. The van der Waals surface area contributed by atoms with Crippen molar-refractivity contribution in [1.82, 2.24) is 20.0 Å². The first-order valence-corrected chi connectivity index (χ1v) is 7.83. The maximum atomic E-state index is 12.6. The zero-order chi connectivity index (χ0) is 18.9. The van der Waals surface area contributed by atoms with Gasteiger partial charge in [-0.2, -0.15) is 23.4 Å². The van der Waals surface area contributed by atoms with Crippen molar-refractivity contribution in [2.24, 2.45) is 0 Å². The number of hydrogen-bond acceptors (Lipinski definition) is 3. The fourth-order valence-electron chi connectivity index (χ4n) is 2.30. The van der Waals surface area contributed by atoms with Gasteiger partial charge in [0.25, 0.3) is 5.91 Å². The van der Waals surface area contributed by atoms with Crippen LogP contribution in [0.3, 0.4) is 0 Å². The van der Waals surface area contributed by atoms with Gasteiger partial charge in [0.2, 0.25) is 0 Å². The molecule has 2 N–H and O–H groups in total. The van der Waals surface area contributed by atoms with Gasteiger partial charge in [0, 0.05) is 22.8 Å². The molecule has 0 saturated carbocycles. The molecule has 1 aromatic carbocycles. The first-order valence-electron chi connectivity index (χ1n) is 7.45. The summed E-state index contributed by atoms with van der Waals surface area (Å²) in [6, 6.07) is 9.50. The van der Waals surface area contributed by atoms with Crippen LogP contribution in [0.4, 0.5) is 19.0 Å². The van der Waals surface area contributed by atoms with Gasteiger partial charge in [0.15, 0.2) is 11.5 Å². The van der Waals surface area contributed by atoms with Crippen LogP contribution in [0.5, 0.6) is 0 Å². The molecule has 3 rings (SSSR count). The molecule has 0 aliphatic heterocycles. The van der Waals surface area contributed by atoms with Crippen LogP contribution in [-0.2, 0) is 12.7 Å². The van der Waals surface area contributed by atoms with E-state index in [1.54, 1.807) is 34.9 Å². The molecule has 0 bridgehead atoms. The molecule has 0 aliphatic carbocycles. The first-order chi connectivity index (χ1) is 12.2. The molecule has 0 saturated heterocycles. The van der Waals surface area contributed by atoms with Crippen LogP contribution in [0.1, 0.15) is 27.4 Å². The number of nitrogens with zero attached hydrogens (tertiary/aromatic N) is 3. The predicted molar refractivity (Wildman–Crippen MR) is 89.1 cm³/mol. The number of alkyl halides is 3. The number of anilines is 1. The van der Waals surface area contributed by atoms with Crippen molar-refractivity contribution in [1.29, 1.82) is 0 Å². The predicted octanol–water partition coefficient (Wildman–Crippen LogP) is 3.89. The molecule has 1 amide bonds. The average Bonchev–Trinajstić information content (AvgIpc) is 3.15. The number of hydrogen-bond donors (Lipinski definition) is 2. The minimum absolute atomic E-state index is 0.214. The second-order valence-corrected chi connectivity index (χ2v) is 6.01. The van der Waals surface area contributed by atoms with Crippen molar-refractivity contribution in [3.63, 3.8) is 0 Å². The van der Waals surface area contributed by atoms with Crippen LogP contribution in [0, 0.1) is 6.92 Å². The molecule has 0 radical (unpaired) electrons. The zero-order valence-corrected chi connectivity index (χ0v) is 14.2. The van der Waals surface area contributed by atoms with Crippen molar-refractivity contribution in [2.45, 2.75) is 19.6 Å². The van der Waals surface area contributed by atoms with E-state index in [1.807, 2.05) is 12.1 Å². The lowest BCUT2D eigenvalue weighted by molar-refractivity contribution is -0.141. The van der Waals surface area contributed by atoms with Gasteiger partial charge in [-0.05, 0) is 24.6 Å². The Hall–Kier alpha value is -2.81. The van der Waals surface area contributed by atoms with E-state index in [9.17, 15) is 18.0 Å². The molecule has 2 aromatic heterocycles. The topological polar surface area (TPSA) is 75.6 Å². The highest BCUT2D eigenvalue weighted by atomic mass is 35.5. The van der Waals surface area contributed by atoms with Crippen LogP contribution in [-0.4, -0.2) is 25.9 Å².